The summed E-state index contributed by atoms with van der Waals surface area (Å²) in [6.45, 7) is 0. The van der Waals surface area contributed by atoms with Crippen LogP contribution >= 0.6 is 7.60 Å². The Hall–Kier alpha value is -1.63. The van der Waals surface area contributed by atoms with Gasteiger partial charge < -0.3 is 14.3 Å². The Morgan fingerprint density at radius 1 is 1.26 bits per heavy atom. The first-order valence-corrected chi connectivity index (χ1v) is 8.66. The zero-order chi connectivity index (χ0) is 16.8. The zero-order valence-electron chi connectivity index (χ0n) is 11.7. The number of hydrogen-bond donors (Lipinski definition) is 2. The highest BCUT2D eigenvalue weighted by atomic mass is 31.2. The first-order chi connectivity index (χ1) is 10.7. The van der Waals surface area contributed by atoms with Crippen molar-refractivity contribution in [2.75, 3.05) is 0 Å². The van der Waals surface area contributed by atoms with Gasteiger partial charge in [-0.15, -0.1) is 0 Å². The van der Waals surface area contributed by atoms with E-state index in [1.165, 1.54) is 18.2 Å². The topological polar surface area (TPSA) is 83.6 Å². The molecule has 0 spiro atoms. The summed E-state index contributed by atoms with van der Waals surface area (Å²) in [6.07, 6.45) is -3.76. The van der Waals surface area contributed by atoms with Crippen molar-refractivity contribution in [1.82, 2.24) is 5.16 Å². The molecule has 0 atom stereocenters. The zero-order valence-corrected chi connectivity index (χ0v) is 12.6. The van der Waals surface area contributed by atoms with Gasteiger partial charge in [-0.05, 0) is 18.9 Å². The maximum absolute atomic E-state index is 13.2. The minimum absolute atomic E-state index is 0.0316. The predicted molar refractivity (Wildman–Crippen MR) is 74.7 cm³/mol. The average molecular weight is 347 g/mol. The van der Waals surface area contributed by atoms with E-state index in [1.54, 1.807) is 0 Å². The van der Waals surface area contributed by atoms with Crippen LogP contribution in [0.15, 0.2) is 28.8 Å². The van der Waals surface area contributed by atoms with Crippen LogP contribution in [0.3, 0.4) is 0 Å². The summed E-state index contributed by atoms with van der Waals surface area (Å²) in [6, 6.07) is 4.79. The minimum atomic E-state index is -4.60. The third-order valence-corrected chi connectivity index (χ3v) is 4.35. The quantitative estimate of drug-likeness (QED) is 0.819. The van der Waals surface area contributed by atoms with Crippen LogP contribution in [0.25, 0.3) is 11.3 Å². The summed E-state index contributed by atoms with van der Waals surface area (Å²) in [4.78, 5) is 18.5. The average Bonchev–Trinajstić information content (AvgIpc) is 3.19. The molecule has 9 heteroatoms. The SMILES string of the molecule is O=P(O)(O)Cc1c(-c2ccccc2C(F)(F)F)noc1C1CC1. The first-order valence-electron chi connectivity index (χ1n) is 6.86. The van der Waals surface area contributed by atoms with Crippen LogP contribution in [0.4, 0.5) is 13.2 Å². The predicted octanol–water partition coefficient (Wildman–Crippen LogP) is 3.92. The Kier molecular flexibility index (Phi) is 3.86. The highest BCUT2D eigenvalue weighted by Crippen LogP contribution is 2.50. The van der Waals surface area contributed by atoms with Gasteiger partial charge in [-0.3, -0.25) is 4.57 Å². The van der Waals surface area contributed by atoms with E-state index in [0.29, 0.717) is 0 Å². The van der Waals surface area contributed by atoms with Crippen LogP contribution in [-0.2, 0) is 16.9 Å². The molecule has 1 aromatic heterocycles. The second-order valence-electron chi connectivity index (χ2n) is 5.51. The van der Waals surface area contributed by atoms with Crippen molar-refractivity contribution in [1.29, 1.82) is 0 Å². The maximum atomic E-state index is 13.2. The lowest BCUT2D eigenvalue weighted by molar-refractivity contribution is -0.137. The molecular formula is C14H13F3NO4P. The summed E-state index contributed by atoms with van der Waals surface area (Å²) in [7, 11) is -4.48. The molecule has 2 aromatic rings. The molecule has 0 saturated heterocycles. The summed E-state index contributed by atoms with van der Waals surface area (Å²) in [5.74, 6) is 0.246. The van der Waals surface area contributed by atoms with E-state index >= 15 is 0 Å². The van der Waals surface area contributed by atoms with Gasteiger partial charge in [0, 0.05) is 17.0 Å². The monoisotopic (exact) mass is 347 g/mol. The number of benzene rings is 1. The van der Waals surface area contributed by atoms with Crippen molar-refractivity contribution in [3.8, 4) is 11.3 Å². The van der Waals surface area contributed by atoms with Gasteiger partial charge in [0.1, 0.15) is 11.5 Å². The second kappa shape index (κ2) is 5.47. The summed E-state index contributed by atoms with van der Waals surface area (Å²) >= 11 is 0. The molecule has 1 fully saturated rings. The fraction of sp³-hybridized carbons (Fsp3) is 0.357. The third-order valence-electron chi connectivity index (χ3n) is 3.62. The Morgan fingerprint density at radius 3 is 2.48 bits per heavy atom. The van der Waals surface area contributed by atoms with Crippen LogP contribution in [0.2, 0.25) is 0 Å². The molecule has 23 heavy (non-hydrogen) atoms. The molecule has 0 unspecified atom stereocenters. The lowest BCUT2D eigenvalue weighted by Gasteiger charge is -2.12. The van der Waals surface area contributed by atoms with Crippen LogP contribution in [0, 0.1) is 0 Å². The first kappa shape index (κ1) is 16.2. The molecule has 1 aromatic carbocycles. The van der Waals surface area contributed by atoms with E-state index in [1.807, 2.05) is 0 Å². The van der Waals surface area contributed by atoms with E-state index in [9.17, 15) is 27.5 Å². The molecule has 3 rings (SSSR count). The number of rotatable bonds is 4. The summed E-state index contributed by atoms with van der Waals surface area (Å²) in [5, 5.41) is 3.69. The van der Waals surface area contributed by atoms with E-state index in [0.717, 1.165) is 18.9 Å². The number of halogens is 3. The van der Waals surface area contributed by atoms with E-state index in [2.05, 4.69) is 5.16 Å². The maximum Gasteiger partial charge on any atom is 0.417 e. The third kappa shape index (κ3) is 3.49. The van der Waals surface area contributed by atoms with E-state index in [-0.39, 0.29) is 28.5 Å². The van der Waals surface area contributed by atoms with Crippen LogP contribution in [0.1, 0.15) is 35.6 Å². The Bertz CT molecular complexity index is 777. The Labute approximate surface area is 129 Å². The smallest absolute Gasteiger partial charge is 0.360 e. The molecule has 0 radical (unpaired) electrons. The highest BCUT2D eigenvalue weighted by Gasteiger charge is 2.38. The standard InChI is InChI=1S/C14H13F3NO4P/c15-14(16,17)11-4-2-1-3-9(11)12-10(7-23(19,20)21)13(22-18-12)8-5-6-8/h1-4,8H,5-7H2,(H2,19,20,21). The van der Waals surface area contributed by atoms with Crippen molar-refractivity contribution in [3.05, 3.63) is 41.2 Å². The van der Waals surface area contributed by atoms with Gasteiger partial charge in [0.15, 0.2) is 0 Å². The highest BCUT2D eigenvalue weighted by molar-refractivity contribution is 7.50. The molecule has 1 heterocycles. The summed E-state index contributed by atoms with van der Waals surface area (Å²) < 4.78 is 56.0. The molecule has 0 amide bonds. The van der Waals surface area contributed by atoms with E-state index < -0.39 is 25.5 Å². The summed E-state index contributed by atoms with van der Waals surface area (Å²) in [5.41, 5.74) is -1.23. The Balaban J connectivity index is 2.16. The Morgan fingerprint density at radius 2 is 1.91 bits per heavy atom. The van der Waals surface area contributed by atoms with Gasteiger partial charge in [-0.1, -0.05) is 23.4 Å². The van der Waals surface area contributed by atoms with Gasteiger partial charge in [0.05, 0.1) is 11.7 Å². The molecule has 1 aliphatic carbocycles. The molecule has 124 valence electrons. The molecule has 1 aliphatic rings. The minimum Gasteiger partial charge on any atom is -0.360 e. The van der Waals surface area contributed by atoms with Crippen molar-refractivity contribution in [3.63, 3.8) is 0 Å². The molecule has 0 bridgehead atoms. The largest absolute Gasteiger partial charge is 0.417 e. The van der Waals surface area contributed by atoms with Crippen LogP contribution in [0.5, 0.6) is 0 Å². The molecule has 1 saturated carbocycles. The van der Waals surface area contributed by atoms with Gasteiger partial charge in [0.25, 0.3) is 0 Å². The van der Waals surface area contributed by atoms with Crippen LogP contribution in [-0.4, -0.2) is 14.9 Å². The molecular weight excluding hydrogens is 334 g/mol. The molecule has 2 N–H and O–H groups in total. The lowest BCUT2D eigenvalue weighted by Crippen LogP contribution is -2.07. The van der Waals surface area contributed by atoms with Crippen molar-refractivity contribution in [2.45, 2.75) is 31.1 Å². The number of hydrogen-bond acceptors (Lipinski definition) is 3. The van der Waals surface area contributed by atoms with Crippen molar-refractivity contribution < 1.29 is 32.0 Å². The molecule has 0 aliphatic heterocycles. The molecule has 5 nitrogen and oxygen atoms in total. The number of alkyl halides is 3. The number of nitrogens with zero attached hydrogens (tertiary/aromatic N) is 1. The van der Waals surface area contributed by atoms with Gasteiger partial charge >= 0.3 is 13.8 Å². The fourth-order valence-electron chi connectivity index (χ4n) is 2.50. The van der Waals surface area contributed by atoms with E-state index in [4.69, 9.17) is 4.52 Å². The van der Waals surface area contributed by atoms with Gasteiger partial charge in [0.2, 0.25) is 0 Å². The van der Waals surface area contributed by atoms with Crippen molar-refractivity contribution in [2.24, 2.45) is 0 Å². The lowest BCUT2D eigenvalue weighted by atomic mass is 10.00. The normalized spacial score (nSPS) is 15.9. The number of aromatic nitrogens is 1. The van der Waals surface area contributed by atoms with Gasteiger partial charge in [-0.2, -0.15) is 13.2 Å². The fourth-order valence-corrected chi connectivity index (χ4v) is 3.21. The van der Waals surface area contributed by atoms with Gasteiger partial charge in [-0.25, -0.2) is 0 Å². The second-order valence-corrected chi connectivity index (χ2v) is 7.16. The van der Waals surface area contributed by atoms with Crippen molar-refractivity contribution >= 4 is 7.60 Å². The van der Waals surface area contributed by atoms with Crippen LogP contribution < -0.4 is 0 Å².